The molecule has 2 unspecified atom stereocenters. The summed E-state index contributed by atoms with van der Waals surface area (Å²) < 4.78 is 5.69. The fraction of sp³-hybridized carbons (Fsp3) is 0.286. The summed E-state index contributed by atoms with van der Waals surface area (Å²) in [7, 11) is 0. The molecule has 0 saturated heterocycles. The molecule has 2 heterocycles. The topological polar surface area (TPSA) is 35.2 Å². The monoisotopic (exact) mass is 245 g/mol. The van der Waals surface area contributed by atoms with Crippen LogP contribution >= 0.6 is 11.3 Å². The van der Waals surface area contributed by atoms with Gasteiger partial charge in [-0.05, 0) is 25.1 Å². The molecule has 3 heteroatoms. The average Bonchev–Trinajstić information content (AvgIpc) is 2.94. The highest BCUT2D eigenvalue weighted by atomic mass is 32.1. The van der Waals surface area contributed by atoms with E-state index in [2.05, 4.69) is 25.1 Å². The summed E-state index contributed by atoms with van der Waals surface area (Å²) >= 11 is 1.78. The van der Waals surface area contributed by atoms with Crippen molar-refractivity contribution in [3.63, 3.8) is 0 Å². The van der Waals surface area contributed by atoms with Crippen molar-refractivity contribution in [2.45, 2.75) is 18.9 Å². The van der Waals surface area contributed by atoms with Crippen LogP contribution in [0.2, 0.25) is 0 Å². The molecule has 2 N–H and O–H groups in total. The van der Waals surface area contributed by atoms with Crippen LogP contribution in [0.15, 0.2) is 36.4 Å². The van der Waals surface area contributed by atoms with E-state index in [1.165, 1.54) is 15.3 Å². The molecule has 0 radical (unpaired) electrons. The SMILES string of the molecule is Cc1ccc(C(N)C2COc3ccccc32)s1. The zero-order valence-corrected chi connectivity index (χ0v) is 10.5. The summed E-state index contributed by atoms with van der Waals surface area (Å²) in [4.78, 5) is 2.55. The molecule has 3 rings (SSSR count). The first-order chi connectivity index (χ1) is 8.25. The smallest absolute Gasteiger partial charge is 0.122 e. The molecule has 0 amide bonds. The van der Waals surface area contributed by atoms with Gasteiger partial charge in [0.2, 0.25) is 0 Å². The van der Waals surface area contributed by atoms with Crippen molar-refractivity contribution in [3.05, 3.63) is 51.7 Å². The van der Waals surface area contributed by atoms with Crippen LogP contribution in [0.1, 0.15) is 27.3 Å². The molecule has 0 fully saturated rings. The molecule has 0 bridgehead atoms. The van der Waals surface area contributed by atoms with Crippen molar-refractivity contribution in [1.29, 1.82) is 0 Å². The minimum absolute atomic E-state index is 0.0392. The summed E-state index contributed by atoms with van der Waals surface area (Å²) in [6, 6.07) is 12.5. The Labute approximate surface area is 105 Å². The molecular weight excluding hydrogens is 230 g/mol. The summed E-state index contributed by atoms with van der Waals surface area (Å²) in [5.74, 6) is 1.27. The molecule has 2 nitrogen and oxygen atoms in total. The van der Waals surface area contributed by atoms with Crippen LogP contribution in [0.25, 0.3) is 0 Å². The highest BCUT2D eigenvalue weighted by molar-refractivity contribution is 7.12. The Hall–Kier alpha value is -1.32. The minimum Gasteiger partial charge on any atom is -0.493 e. The third-order valence-corrected chi connectivity index (χ3v) is 4.36. The number of ether oxygens (including phenoxy) is 1. The highest BCUT2D eigenvalue weighted by Crippen LogP contribution is 2.41. The highest BCUT2D eigenvalue weighted by Gasteiger charge is 2.30. The second kappa shape index (κ2) is 4.17. The summed E-state index contributed by atoms with van der Waals surface area (Å²) in [6.07, 6.45) is 0. The van der Waals surface area contributed by atoms with Gasteiger partial charge >= 0.3 is 0 Å². The van der Waals surface area contributed by atoms with Crippen LogP contribution in [-0.4, -0.2) is 6.61 Å². The number of hydrogen-bond acceptors (Lipinski definition) is 3. The summed E-state index contributed by atoms with van der Waals surface area (Å²) in [5, 5.41) is 0. The maximum Gasteiger partial charge on any atom is 0.122 e. The lowest BCUT2D eigenvalue weighted by molar-refractivity contribution is 0.316. The van der Waals surface area contributed by atoms with E-state index in [4.69, 9.17) is 10.5 Å². The first-order valence-electron chi connectivity index (χ1n) is 5.79. The van der Waals surface area contributed by atoms with E-state index >= 15 is 0 Å². The second-order valence-electron chi connectivity index (χ2n) is 4.43. The quantitative estimate of drug-likeness (QED) is 0.881. The second-order valence-corrected chi connectivity index (χ2v) is 5.75. The lowest BCUT2D eigenvalue weighted by atomic mass is 9.93. The Morgan fingerprint density at radius 1 is 1.29 bits per heavy atom. The summed E-state index contributed by atoms with van der Waals surface area (Å²) in [5.41, 5.74) is 7.60. The molecule has 1 aromatic carbocycles. The Balaban J connectivity index is 1.92. The normalized spacial score (nSPS) is 19.8. The third-order valence-electron chi connectivity index (χ3n) is 3.26. The van der Waals surface area contributed by atoms with Crippen LogP contribution in [0.3, 0.4) is 0 Å². The van der Waals surface area contributed by atoms with Crippen LogP contribution in [0.4, 0.5) is 0 Å². The standard InChI is InChI=1S/C14H15NOS/c1-9-6-7-13(17-9)14(15)11-8-16-12-5-3-2-4-10(11)12/h2-7,11,14H,8,15H2,1H3. The van der Waals surface area contributed by atoms with Crippen molar-refractivity contribution < 1.29 is 4.74 Å². The number of benzene rings is 1. The van der Waals surface area contributed by atoms with Crippen LogP contribution in [-0.2, 0) is 0 Å². The molecule has 88 valence electrons. The molecule has 17 heavy (non-hydrogen) atoms. The van der Waals surface area contributed by atoms with Crippen LogP contribution < -0.4 is 10.5 Å². The van der Waals surface area contributed by atoms with Gasteiger partial charge in [0.15, 0.2) is 0 Å². The molecule has 1 aliphatic heterocycles. The van der Waals surface area contributed by atoms with E-state index < -0.39 is 0 Å². The van der Waals surface area contributed by atoms with E-state index in [1.807, 2.05) is 18.2 Å². The third kappa shape index (κ3) is 1.85. The van der Waals surface area contributed by atoms with Gasteiger partial charge in [-0.1, -0.05) is 18.2 Å². The fourth-order valence-corrected chi connectivity index (χ4v) is 3.26. The predicted octanol–water partition coefficient (Wildman–Crippen LogP) is 3.23. The molecule has 0 saturated carbocycles. The molecule has 0 spiro atoms. The molecule has 2 aromatic rings. The Morgan fingerprint density at radius 3 is 2.88 bits per heavy atom. The van der Waals surface area contributed by atoms with E-state index in [9.17, 15) is 0 Å². The van der Waals surface area contributed by atoms with Gasteiger partial charge in [0.05, 0.1) is 6.61 Å². The van der Waals surface area contributed by atoms with Crippen LogP contribution in [0.5, 0.6) is 5.75 Å². The largest absolute Gasteiger partial charge is 0.493 e. The van der Waals surface area contributed by atoms with Crippen molar-refractivity contribution in [2.24, 2.45) is 5.73 Å². The first-order valence-corrected chi connectivity index (χ1v) is 6.61. The fourth-order valence-electron chi connectivity index (χ4n) is 2.32. The lowest BCUT2D eigenvalue weighted by Crippen LogP contribution is -2.19. The van der Waals surface area contributed by atoms with Gasteiger partial charge in [-0.15, -0.1) is 11.3 Å². The number of aryl methyl sites for hydroxylation is 1. The van der Waals surface area contributed by atoms with Crippen LogP contribution in [0, 0.1) is 6.92 Å². The van der Waals surface area contributed by atoms with Gasteiger partial charge in [-0.3, -0.25) is 0 Å². The van der Waals surface area contributed by atoms with E-state index in [-0.39, 0.29) is 12.0 Å². The number of hydrogen-bond donors (Lipinski definition) is 1. The van der Waals surface area contributed by atoms with Crippen molar-refractivity contribution in [2.75, 3.05) is 6.61 Å². The molecule has 1 aliphatic rings. The van der Waals surface area contributed by atoms with Crippen molar-refractivity contribution in [3.8, 4) is 5.75 Å². The van der Waals surface area contributed by atoms with E-state index in [1.54, 1.807) is 11.3 Å². The van der Waals surface area contributed by atoms with Gasteiger partial charge in [-0.25, -0.2) is 0 Å². The Morgan fingerprint density at radius 2 is 2.12 bits per heavy atom. The zero-order valence-electron chi connectivity index (χ0n) is 9.72. The molecule has 0 aliphatic carbocycles. The number of fused-ring (bicyclic) bond motifs is 1. The molecule has 1 aromatic heterocycles. The van der Waals surface area contributed by atoms with E-state index in [0.717, 1.165) is 5.75 Å². The number of nitrogens with two attached hydrogens (primary N) is 1. The Bertz CT molecular complexity index is 535. The van der Waals surface area contributed by atoms with E-state index in [0.29, 0.717) is 6.61 Å². The minimum atomic E-state index is 0.0392. The van der Waals surface area contributed by atoms with Gasteiger partial charge in [0.25, 0.3) is 0 Å². The van der Waals surface area contributed by atoms with Gasteiger partial charge in [-0.2, -0.15) is 0 Å². The first kappa shape index (κ1) is 10.8. The molecular formula is C14H15NOS. The number of thiophene rings is 1. The predicted molar refractivity (Wildman–Crippen MR) is 70.7 cm³/mol. The summed E-state index contributed by atoms with van der Waals surface area (Å²) in [6.45, 7) is 2.80. The average molecular weight is 245 g/mol. The maximum atomic E-state index is 6.36. The zero-order chi connectivity index (χ0) is 11.8. The maximum absolute atomic E-state index is 6.36. The van der Waals surface area contributed by atoms with Crippen molar-refractivity contribution >= 4 is 11.3 Å². The lowest BCUT2D eigenvalue weighted by Gasteiger charge is -2.16. The van der Waals surface area contributed by atoms with Gasteiger partial charge in [0, 0.05) is 27.3 Å². The van der Waals surface area contributed by atoms with Crippen molar-refractivity contribution in [1.82, 2.24) is 0 Å². The Kier molecular flexibility index (Phi) is 2.65. The number of rotatable bonds is 2. The van der Waals surface area contributed by atoms with Gasteiger partial charge in [0.1, 0.15) is 5.75 Å². The number of para-hydroxylation sites is 1. The molecule has 2 atom stereocenters. The van der Waals surface area contributed by atoms with Gasteiger partial charge < -0.3 is 10.5 Å².